The molecule has 138 valence electrons. The van der Waals surface area contributed by atoms with Crippen LogP contribution in [0.1, 0.15) is 21.4 Å². The number of carbonyl (C=O) groups is 2. The number of amides is 2. The Kier molecular flexibility index (Phi) is 4.95. The molecule has 1 aromatic carbocycles. The first-order valence-electron chi connectivity index (χ1n) is 7.07. The molecule has 11 heteroatoms. The maximum absolute atomic E-state index is 12.7. The molecule has 1 fully saturated rings. The zero-order valence-corrected chi connectivity index (χ0v) is 15.1. The number of halogens is 4. The minimum atomic E-state index is -4.83. The molecule has 0 radical (unpaired) electrons. The van der Waals surface area contributed by atoms with Crippen LogP contribution in [-0.4, -0.2) is 39.9 Å². The van der Waals surface area contributed by atoms with Gasteiger partial charge in [-0.1, -0.05) is 0 Å². The Balaban J connectivity index is 1.84. The molecule has 2 aromatic rings. The van der Waals surface area contributed by atoms with Crippen molar-refractivity contribution in [1.82, 2.24) is 9.96 Å². The number of hydroxylamine groups is 2. The summed E-state index contributed by atoms with van der Waals surface area (Å²) in [5.74, 6) is -1.73. The van der Waals surface area contributed by atoms with Crippen LogP contribution >= 0.6 is 27.3 Å². The Labute approximate surface area is 157 Å². The topological polar surface area (TPSA) is 70.1 Å². The molecule has 2 heterocycles. The molecule has 1 aliphatic rings. The van der Waals surface area contributed by atoms with Gasteiger partial charge in [0.05, 0.1) is 4.88 Å². The van der Waals surface area contributed by atoms with Crippen LogP contribution in [0.4, 0.5) is 13.2 Å². The van der Waals surface area contributed by atoms with Gasteiger partial charge in [-0.25, -0.2) is 0 Å². The lowest BCUT2D eigenvalue weighted by molar-refractivity contribution is -0.274. The van der Waals surface area contributed by atoms with Crippen molar-refractivity contribution in [3.8, 4) is 5.75 Å². The van der Waals surface area contributed by atoms with Crippen LogP contribution in [0.5, 0.6) is 5.75 Å². The number of alkyl halides is 3. The fraction of sp³-hybridized carbons (Fsp3) is 0.200. The molecule has 3 rings (SSSR count). The molecular formula is C15H10BrF3N2O4S. The maximum atomic E-state index is 12.7. The third-order valence-electron chi connectivity index (χ3n) is 3.53. The van der Waals surface area contributed by atoms with E-state index in [-0.39, 0.29) is 12.1 Å². The first-order chi connectivity index (χ1) is 12.2. The molecule has 1 saturated heterocycles. The van der Waals surface area contributed by atoms with Gasteiger partial charge in [0.1, 0.15) is 12.3 Å². The second-order valence-electron chi connectivity index (χ2n) is 5.28. The molecule has 0 saturated carbocycles. The van der Waals surface area contributed by atoms with Crippen molar-refractivity contribution in [3.63, 3.8) is 0 Å². The first-order valence-corrected chi connectivity index (χ1v) is 8.74. The lowest BCUT2D eigenvalue weighted by atomic mass is 10.2. The summed E-state index contributed by atoms with van der Waals surface area (Å²) in [6.45, 7) is -0.351. The Hall–Kier alpha value is -2.11. The van der Waals surface area contributed by atoms with E-state index < -0.39 is 30.1 Å². The van der Waals surface area contributed by atoms with Gasteiger partial charge in [-0.3, -0.25) is 14.8 Å². The summed E-state index contributed by atoms with van der Waals surface area (Å²) < 4.78 is 41.1. The minimum Gasteiger partial charge on any atom is -0.406 e. The van der Waals surface area contributed by atoms with Crippen molar-refractivity contribution in [2.24, 2.45) is 0 Å². The monoisotopic (exact) mass is 450 g/mol. The predicted molar refractivity (Wildman–Crippen MR) is 87.6 cm³/mol. The van der Waals surface area contributed by atoms with Crippen molar-refractivity contribution < 1.29 is 32.7 Å². The largest absolute Gasteiger partial charge is 0.573 e. The van der Waals surface area contributed by atoms with E-state index in [0.29, 0.717) is 9.94 Å². The summed E-state index contributed by atoms with van der Waals surface area (Å²) in [7, 11) is 0. The van der Waals surface area contributed by atoms with Crippen LogP contribution in [0.3, 0.4) is 0 Å². The fourth-order valence-electron chi connectivity index (χ4n) is 2.46. The van der Waals surface area contributed by atoms with Gasteiger partial charge in [-0.2, -0.15) is 5.06 Å². The highest BCUT2D eigenvalue weighted by Gasteiger charge is 2.42. The van der Waals surface area contributed by atoms with Crippen LogP contribution < -0.4 is 4.74 Å². The fourth-order valence-corrected chi connectivity index (χ4v) is 4.00. The number of hydrogen-bond acceptors (Lipinski definition) is 5. The van der Waals surface area contributed by atoms with E-state index in [0.717, 1.165) is 33.6 Å². The molecule has 2 amide bonds. The summed E-state index contributed by atoms with van der Waals surface area (Å²) in [6.07, 6.45) is -5.83. The van der Waals surface area contributed by atoms with Crippen LogP contribution in [0.25, 0.3) is 0 Å². The Morgan fingerprint density at radius 3 is 2.50 bits per heavy atom. The van der Waals surface area contributed by atoms with Crippen molar-refractivity contribution >= 4 is 39.1 Å². The molecule has 1 aliphatic heterocycles. The van der Waals surface area contributed by atoms with E-state index in [4.69, 9.17) is 0 Å². The van der Waals surface area contributed by atoms with Gasteiger partial charge in [0, 0.05) is 15.4 Å². The summed E-state index contributed by atoms with van der Waals surface area (Å²) >= 11 is 4.50. The van der Waals surface area contributed by atoms with Gasteiger partial charge in [0.25, 0.3) is 11.8 Å². The Morgan fingerprint density at radius 2 is 1.96 bits per heavy atom. The Bertz CT molecular complexity index is 840. The molecule has 1 atom stereocenters. The summed E-state index contributed by atoms with van der Waals surface area (Å²) in [6, 6.07) is 6.00. The summed E-state index contributed by atoms with van der Waals surface area (Å²) in [5.41, 5.74) is 0.0586. The molecule has 1 unspecified atom stereocenters. The lowest BCUT2D eigenvalue weighted by Crippen LogP contribution is -2.33. The lowest BCUT2D eigenvalue weighted by Gasteiger charge is -2.25. The van der Waals surface area contributed by atoms with E-state index in [1.165, 1.54) is 11.3 Å². The number of rotatable bonds is 3. The molecule has 0 bridgehead atoms. The van der Waals surface area contributed by atoms with Crippen molar-refractivity contribution in [2.45, 2.75) is 12.5 Å². The molecule has 6 nitrogen and oxygen atoms in total. The van der Waals surface area contributed by atoms with Crippen LogP contribution in [0.2, 0.25) is 0 Å². The van der Waals surface area contributed by atoms with Gasteiger partial charge in [0.2, 0.25) is 0 Å². The highest BCUT2D eigenvalue weighted by Crippen LogP contribution is 2.36. The number of benzene rings is 1. The molecule has 26 heavy (non-hydrogen) atoms. The number of nitrogens with zero attached hydrogens (tertiary/aromatic N) is 2. The average Bonchev–Trinajstić information content (AvgIpc) is 3.10. The highest BCUT2D eigenvalue weighted by atomic mass is 79.9. The maximum Gasteiger partial charge on any atom is 0.573 e. The van der Waals surface area contributed by atoms with Crippen molar-refractivity contribution in [2.75, 3.05) is 6.54 Å². The second-order valence-corrected chi connectivity index (χ2v) is 7.14. The van der Waals surface area contributed by atoms with Crippen LogP contribution in [-0.2, 0) is 4.79 Å². The van der Waals surface area contributed by atoms with E-state index in [2.05, 4.69) is 20.7 Å². The molecule has 0 aliphatic carbocycles. The molecule has 0 spiro atoms. The normalized spacial score (nSPS) is 17.7. The summed E-state index contributed by atoms with van der Waals surface area (Å²) in [5, 5.41) is 12.2. The molecule has 1 N–H and O–H groups in total. The standard InChI is InChI=1S/C15H10BrF3N2O4S/c16-9-5-11(26-7-9)13-20(6-12(22)21(13)24)14(23)8-1-3-10(4-2-8)25-15(17,18)19/h1-5,7,13,24H,6H2. The van der Waals surface area contributed by atoms with Crippen molar-refractivity contribution in [1.29, 1.82) is 0 Å². The van der Waals surface area contributed by atoms with E-state index in [9.17, 15) is 28.0 Å². The van der Waals surface area contributed by atoms with Crippen LogP contribution in [0, 0.1) is 0 Å². The summed E-state index contributed by atoms with van der Waals surface area (Å²) in [4.78, 5) is 26.2. The minimum absolute atomic E-state index is 0.0586. The first kappa shape index (κ1) is 18.7. The van der Waals surface area contributed by atoms with E-state index in [1.54, 1.807) is 11.4 Å². The predicted octanol–water partition coefficient (Wildman–Crippen LogP) is 3.78. The zero-order chi connectivity index (χ0) is 19.1. The second kappa shape index (κ2) is 6.89. The van der Waals surface area contributed by atoms with E-state index in [1.807, 2.05) is 0 Å². The number of thiophene rings is 1. The average molecular weight is 451 g/mol. The quantitative estimate of drug-likeness (QED) is 0.722. The number of carbonyl (C=O) groups excluding carboxylic acids is 2. The molecular weight excluding hydrogens is 441 g/mol. The van der Waals surface area contributed by atoms with Gasteiger partial charge in [-0.15, -0.1) is 24.5 Å². The van der Waals surface area contributed by atoms with Gasteiger partial charge < -0.3 is 9.64 Å². The number of ether oxygens (including phenoxy) is 1. The van der Waals surface area contributed by atoms with E-state index >= 15 is 0 Å². The smallest absolute Gasteiger partial charge is 0.406 e. The SMILES string of the molecule is O=C1CN(C(=O)c2ccc(OC(F)(F)F)cc2)C(c2cc(Br)cs2)N1O. The van der Waals surface area contributed by atoms with Crippen LogP contribution in [0.15, 0.2) is 40.2 Å². The third-order valence-corrected chi connectivity index (χ3v) is 5.26. The van der Waals surface area contributed by atoms with Gasteiger partial charge in [0.15, 0.2) is 6.17 Å². The highest BCUT2D eigenvalue weighted by molar-refractivity contribution is 9.10. The van der Waals surface area contributed by atoms with Crippen molar-refractivity contribution in [3.05, 3.63) is 50.6 Å². The Morgan fingerprint density at radius 1 is 1.31 bits per heavy atom. The van der Waals surface area contributed by atoms with Gasteiger partial charge >= 0.3 is 6.36 Å². The number of hydrogen-bond donors (Lipinski definition) is 1. The third kappa shape index (κ3) is 3.84. The van der Waals surface area contributed by atoms with Gasteiger partial charge in [-0.05, 0) is 46.3 Å². The zero-order valence-electron chi connectivity index (χ0n) is 12.7. The molecule has 1 aromatic heterocycles.